The molecule has 0 unspecified atom stereocenters. The molecule has 3 aliphatic rings. The molecule has 0 bridgehead atoms. The molecule has 6 heteroatoms. The monoisotopic (exact) mass is 464 g/mol. The van der Waals surface area contributed by atoms with Crippen LogP contribution in [0.25, 0.3) is 0 Å². The predicted octanol–water partition coefficient (Wildman–Crippen LogP) is 2.87. The van der Waals surface area contributed by atoms with Crippen LogP contribution in [0, 0.1) is 0 Å². The first-order chi connectivity index (χ1) is 11.8. The molecule has 5 nitrogen and oxygen atoms in total. The highest BCUT2D eigenvalue weighted by Crippen LogP contribution is 2.19. The van der Waals surface area contributed by atoms with Crippen molar-refractivity contribution in [2.75, 3.05) is 26.2 Å². The van der Waals surface area contributed by atoms with Crippen molar-refractivity contribution in [1.82, 2.24) is 15.5 Å². The Bertz CT molecular complexity index is 387. The molecule has 1 aliphatic heterocycles. The summed E-state index contributed by atoms with van der Waals surface area (Å²) in [5.74, 6) is 1.02. The van der Waals surface area contributed by atoms with E-state index in [1.165, 1.54) is 58.0 Å². The van der Waals surface area contributed by atoms with Crippen LogP contribution in [-0.2, 0) is 0 Å². The molecule has 0 aromatic carbocycles. The van der Waals surface area contributed by atoms with E-state index in [0.29, 0.717) is 12.1 Å². The van der Waals surface area contributed by atoms with Crippen LogP contribution in [0.15, 0.2) is 4.99 Å². The van der Waals surface area contributed by atoms with Crippen molar-refractivity contribution in [2.45, 2.75) is 88.8 Å². The van der Waals surface area contributed by atoms with E-state index in [0.717, 1.165) is 44.7 Å². The Labute approximate surface area is 170 Å². The van der Waals surface area contributed by atoms with E-state index < -0.39 is 0 Å². The highest BCUT2D eigenvalue weighted by Gasteiger charge is 2.22. The van der Waals surface area contributed by atoms with Gasteiger partial charge in [0.25, 0.3) is 0 Å². The maximum atomic E-state index is 9.71. The number of aliphatic hydroxyl groups is 1. The van der Waals surface area contributed by atoms with E-state index in [4.69, 9.17) is 4.99 Å². The molecule has 1 heterocycles. The van der Waals surface area contributed by atoms with Gasteiger partial charge >= 0.3 is 0 Å². The van der Waals surface area contributed by atoms with Crippen LogP contribution in [0.1, 0.15) is 70.6 Å². The summed E-state index contributed by atoms with van der Waals surface area (Å²) < 4.78 is 0. The Morgan fingerprint density at radius 3 is 2.08 bits per heavy atom. The van der Waals surface area contributed by atoms with Gasteiger partial charge in [0, 0.05) is 18.6 Å². The van der Waals surface area contributed by atoms with Crippen LogP contribution in [0.5, 0.6) is 0 Å². The van der Waals surface area contributed by atoms with Gasteiger partial charge in [-0.1, -0.05) is 19.3 Å². The zero-order valence-corrected chi connectivity index (χ0v) is 17.9. The van der Waals surface area contributed by atoms with E-state index in [1.54, 1.807) is 0 Å². The number of guanidine groups is 1. The highest BCUT2D eigenvalue weighted by molar-refractivity contribution is 14.0. The van der Waals surface area contributed by atoms with Gasteiger partial charge in [-0.05, 0) is 64.5 Å². The molecule has 3 fully saturated rings. The number of hydrogen-bond donors (Lipinski definition) is 3. The van der Waals surface area contributed by atoms with Gasteiger partial charge < -0.3 is 20.6 Å². The second-order valence-electron chi connectivity index (χ2n) is 7.91. The first-order valence-electron chi connectivity index (χ1n) is 10.3. The van der Waals surface area contributed by atoms with E-state index in [2.05, 4.69) is 15.5 Å². The molecule has 0 radical (unpaired) electrons. The van der Waals surface area contributed by atoms with Gasteiger partial charge in [-0.2, -0.15) is 0 Å². The minimum Gasteiger partial charge on any atom is -0.393 e. The number of halogens is 1. The lowest BCUT2D eigenvalue weighted by Crippen LogP contribution is -2.49. The smallest absolute Gasteiger partial charge is 0.191 e. The van der Waals surface area contributed by atoms with Crippen molar-refractivity contribution >= 4 is 29.9 Å². The predicted molar refractivity (Wildman–Crippen MR) is 115 cm³/mol. The van der Waals surface area contributed by atoms with E-state index in [1.807, 2.05) is 0 Å². The van der Waals surface area contributed by atoms with Gasteiger partial charge in [-0.3, -0.25) is 4.99 Å². The molecule has 0 atom stereocenters. The molecule has 2 saturated carbocycles. The fraction of sp³-hybridized carbons (Fsp3) is 0.947. The summed E-state index contributed by atoms with van der Waals surface area (Å²) >= 11 is 0. The van der Waals surface area contributed by atoms with Gasteiger partial charge in [-0.15, -0.1) is 24.0 Å². The molecule has 0 aromatic rings. The Kier molecular flexibility index (Phi) is 9.84. The zero-order valence-electron chi connectivity index (χ0n) is 15.6. The zero-order chi connectivity index (χ0) is 16.6. The van der Waals surface area contributed by atoms with Crippen molar-refractivity contribution < 1.29 is 5.11 Å². The summed E-state index contributed by atoms with van der Waals surface area (Å²) in [5, 5.41) is 17.1. The van der Waals surface area contributed by atoms with Gasteiger partial charge in [0.05, 0.1) is 12.6 Å². The Morgan fingerprint density at radius 1 is 0.840 bits per heavy atom. The third-order valence-corrected chi connectivity index (χ3v) is 5.87. The van der Waals surface area contributed by atoms with Crippen LogP contribution in [0.4, 0.5) is 0 Å². The maximum absolute atomic E-state index is 9.71. The number of likely N-dealkylation sites (tertiary alicyclic amines) is 1. The number of nitrogens with zero attached hydrogens (tertiary/aromatic N) is 2. The Hall–Kier alpha value is -0.0800. The summed E-state index contributed by atoms with van der Waals surface area (Å²) in [4.78, 5) is 7.41. The lowest BCUT2D eigenvalue weighted by molar-refractivity contribution is 0.120. The first-order valence-corrected chi connectivity index (χ1v) is 10.3. The molecular formula is C19H37IN4O. The lowest BCUT2D eigenvalue weighted by Gasteiger charge is -2.30. The van der Waals surface area contributed by atoms with Crippen molar-refractivity contribution in [1.29, 1.82) is 0 Å². The van der Waals surface area contributed by atoms with E-state index >= 15 is 0 Å². The molecule has 0 aromatic heterocycles. The third kappa shape index (κ3) is 7.59. The average Bonchev–Trinajstić information content (AvgIpc) is 3.11. The van der Waals surface area contributed by atoms with Gasteiger partial charge in [0.15, 0.2) is 5.96 Å². The van der Waals surface area contributed by atoms with Gasteiger partial charge in [0.2, 0.25) is 0 Å². The second-order valence-corrected chi connectivity index (χ2v) is 7.91. The summed E-state index contributed by atoms with van der Waals surface area (Å²) in [6.45, 7) is 4.46. The van der Waals surface area contributed by atoms with E-state index in [9.17, 15) is 5.11 Å². The van der Waals surface area contributed by atoms with Crippen LogP contribution in [-0.4, -0.2) is 60.3 Å². The van der Waals surface area contributed by atoms with Crippen LogP contribution < -0.4 is 10.6 Å². The maximum Gasteiger partial charge on any atom is 0.191 e. The molecule has 3 N–H and O–H groups in total. The molecule has 0 spiro atoms. The van der Waals surface area contributed by atoms with Crippen molar-refractivity contribution in [3.63, 3.8) is 0 Å². The topological polar surface area (TPSA) is 59.9 Å². The molecule has 0 amide bonds. The van der Waals surface area contributed by atoms with Crippen molar-refractivity contribution in [3.05, 3.63) is 0 Å². The van der Waals surface area contributed by atoms with Crippen LogP contribution in [0.3, 0.4) is 0 Å². The summed E-state index contributed by atoms with van der Waals surface area (Å²) in [6.07, 6.45) is 13.2. The number of nitrogens with one attached hydrogen (secondary N) is 2. The minimum absolute atomic E-state index is 0. The molecule has 3 rings (SSSR count). The van der Waals surface area contributed by atoms with Crippen LogP contribution >= 0.6 is 24.0 Å². The molecule has 146 valence electrons. The standard InChI is InChI=1S/C19H36N4O.HI/c24-18-10-8-17(9-11-18)22-19(21-16-6-2-1-3-7-16)20-12-15-23-13-4-5-14-23;/h16-18,24H,1-15H2,(H2,20,21,22);1H. The fourth-order valence-corrected chi connectivity index (χ4v) is 4.30. The number of aliphatic imine (C=N–C) groups is 1. The summed E-state index contributed by atoms with van der Waals surface area (Å²) in [6, 6.07) is 1.06. The third-order valence-electron chi connectivity index (χ3n) is 5.87. The number of hydrogen-bond acceptors (Lipinski definition) is 3. The first kappa shape index (κ1) is 21.2. The average molecular weight is 464 g/mol. The van der Waals surface area contributed by atoms with Crippen molar-refractivity contribution in [3.8, 4) is 0 Å². The SMILES string of the molecule is I.OC1CCC(NC(=NCCN2CCCC2)NC2CCCCC2)CC1. The molecular weight excluding hydrogens is 427 g/mol. The van der Waals surface area contributed by atoms with Gasteiger partial charge in [-0.25, -0.2) is 0 Å². The Morgan fingerprint density at radius 2 is 1.44 bits per heavy atom. The lowest BCUT2D eigenvalue weighted by atomic mass is 9.93. The second kappa shape index (κ2) is 11.6. The number of rotatable bonds is 5. The fourth-order valence-electron chi connectivity index (χ4n) is 4.30. The quantitative estimate of drug-likeness (QED) is 0.333. The van der Waals surface area contributed by atoms with Gasteiger partial charge in [0.1, 0.15) is 0 Å². The minimum atomic E-state index is -0.0927. The molecule has 2 aliphatic carbocycles. The normalized spacial score (nSPS) is 29.2. The molecule has 25 heavy (non-hydrogen) atoms. The van der Waals surface area contributed by atoms with Crippen LogP contribution in [0.2, 0.25) is 0 Å². The molecule has 1 saturated heterocycles. The van der Waals surface area contributed by atoms with E-state index in [-0.39, 0.29) is 30.1 Å². The van der Waals surface area contributed by atoms with Crippen molar-refractivity contribution in [2.24, 2.45) is 4.99 Å². The largest absolute Gasteiger partial charge is 0.393 e. The summed E-state index contributed by atoms with van der Waals surface area (Å²) in [5.41, 5.74) is 0. The Balaban J connectivity index is 0.00000225. The summed E-state index contributed by atoms with van der Waals surface area (Å²) in [7, 11) is 0. The highest BCUT2D eigenvalue weighted by atomic mass is 127. The number of aliphatic hydroxyl groups excluding tert-OH is 1.